The number of thioether (sulfide) groups is 1. The second-order valence-corrected chi connectivity index (χ2v) is 7.73. The van der Waals surface area contributed by atoms with E-state index in [4.69, 9.17) is 28.6 Å². The average molecular weight is 391 g/mol. The van der Waals surface area contributed by atoms with Gasteiger partial charge in [0.25, 0.3) is 5.91 Å². The number of thiocarbonyl (C=S) groups is 1. The number of carbonyl (C=O) groups excluding carboxylic acids is 1. The van der Waals surface area contributed by atoms with Crippen molar-refractivity contribution in [2.75, 3.05) is 17.8 Å². The molecule has 0 spiro atoms. The molecule has 0 N–H and O–H groups in total. The Labute approximate surface area is 160 Å². The summed E-state index contributed by atoms with van der Waals surface area (Å²) in [6.07, 6.45) is 0. The standard InChI is InChI=1S/C18H15ClN2O2S2/c1-23-14-8-6-13(7-9-14)20-16(22)15-10-25-17(21(15)18(20)24)11-2-4-12(19)5-3-11/h2-9,15,17H,10H2,1H3/t15-,17-/m1/s1. The molecule has 0 radical (unpaired) electrons. The van der Waals surface area contributed by atoms with Gasteiger partial charge in [-0.05, 0) is 54.2 Å². The number of ether oxygens (including phenoxy) is 1. The number of rotatable bonds is 3. The highest BCUT2D eigenvalue weighted by molar-refractivity contribution is 7.99. The number of halogens is 1. The molecule has 2 atom stereocenters. The summed E-state index contributed by atoms with van der Waals surface area (Å²) in [7, 11) is 1.62. The maximum atomic E-state index is 12.9. The quantitative estimate of drug-likeness (QED) is 0.737. The molecule has 7 heteroatoms. The van der Waals surface area contributed by atoms with Crippen LogP contribution in [0.25, 0.3) is 0 Å². The van der Waals surface area contributed by atoms with Crippen molar-refractivity contribution in [1.29, 1.82) is 0 Å². The van der Waals surface area contributed by atoms with E-state index >= 15 is 0 Å². The summed E-state index contributed by atoms with van der Waals surface area (Å²) < 4.78 is 5.18. The molecule has 0 aliphatic carbocycles. The Morgan fingerprint density at radius 2 is 1.84 bits per heavy atom. The minimum Gasteiger partial charge on any atom is -0.497 e. The fraction of sp³-hybridized carbons (Fsp3) is 0.222. The second-order valence-electron chi connectivity index (χ2n) is 5.81. The molecule has 1 amide bonds. The number of anilines is 1. The molecule has 2 saturated heterocycles. The lowest BCUT2D eigenvalue weighted by molar-refractivity contribution is -0.119. The Bertz CT molecular complexity index is 826. The van der Waals surface area contributed by atoms with E-state index in [0.717, 1.165) is 22.8 Å². The number of amides is 1. The lowest BCUT2D eigenvalue weighted by atomic mass is 10.2. The predicted octanol–water partition coefficient (Wildman–Crippen LogP) is 4.10. The summed E-state index contributed by atoms with van der Waals surface area (Å²) in [5, 5.41) is 1.27. The number of benzene rings is 2. The molecule has 0 aromatic heterocycles. The van der Waals surface area contributed by atoms with E-state index < -0.39 is 0 Å². The summed E-state index contributed by atoms with van der Waals surface area (Å²) >= 11 is 13.4. The van der Waals surface area contributed by atoms with Crippen LogP contribution in [-0.2, 0) is 4.79 Å². The van der Waals surface area contributed by atoms with Crippen LogP contribution in [0.5, 0.6) is 5.75 Å². The molecular weight excluding hydrogens is 376 g/mol. The SMILES string of the molecule is COc1ccc(N2C(=O)[C@H]3CS[C@H](c4ccc(Cl)cc4)N3C2=S)cc1. The molecule has 25 heavy (non-hydrogen) atoms. The monoisotopic (exact) mass is 390 g/mol. The van der Waals surface area contributed by atoms with Crippen LogP contribution in [0.2, 0.25) is 5.02 Å². The maximum Gasteiger partial charge on any atom is 0.257 e. The normalized spacial score (nSPS) is 22.5. The van der Waals surface area contributed by atoms with E-state index in [1.807, 2.05) is 53.4 Å². The fourth-order valence-corrected chi connectivity index (χ4v) is 5.19. The molecule has 4 rings (SSSR count). The Kier molecular flexibility index (Phi) is 4.35. The first kappa shape index (κ1) is 16.7. The molecule has 0 bridgehead atoms. The van der Waals surface area contributed by atoms with E-state index in [9.17, 15) is 4.79 Å². The first-order valence-corrected chi connectivity index (χ1v) is 9.61. The van der Waals surface area contributed by atoms with Crippen molar-refractivity contribution in [2.24, 2.45) is 0 Å². The average Bonchev–Trinajstić information content (AvgIpc) is 3.17. The molecule has 0 saturated carbocycles. The van der Waals surface area contributed by atoms with Gasteiger partial charge in [0.1, 0.15) is 17.2 Å². The number of carbonyl (C=O) groups is 1. The van der Waals surface area contributed by atoms with Gasteiger partial charge in [0.2, 0.25) is 0 Å². The first-order chi connectivity index (χ1) is 12.1. The van der Waals surface area contributed by atoms with Gasteiger partial charge in [-0.3, -0.25) is 9.69 Å². The van der Waals surface area contributed by atoms with Crippen LogP contribution in [0.3, 0.4) is 0 Å². The molecule has 2 aromatic carbocycles. The molecule has 0 unspecified atom stereocenters. The summed E-state index contributed by atoms with van der Waals surface area (Å²) in [5.74, 6) is 1.49. The lowest BCUT2D eigenvalue weighted by Gasteiger charge is -2.25. The first-order valence-electron chi connectivity index (χ1n) is 7.77. The van der Waals surface area contributed by atoms with E-state index in [2.05, 4.69) is 0 Å². The van der Waals surface area contributed by atoms with Gasteiger partial charge in [-0.2, -0.15) is 0 Å². The van der Waals surface area contributed by atoms with Gasteiger partial charge in [-0.15, -0.1) is 11.8 Å². The Morgan fingerprint density at radius 3 is 2.48 bits per heavy atom. The topological polar surface area (TPSA) is 32.8 Å². The Balaban J connectivity index is 1.65. The van der Waals surface area contributed by atoms with Crippen molar-refractivity contribution in [3.05, 3.63) is 59.1 Å². The van der Waals surface area contributed by atoms with Gasteiger partial charge < -0.3 is 9.64 Å². The van der Waals surface area contributed by atoms with Gasteiger partial charge in [-0.1, -0.05) is 23.7 Å². The minimum absolute atomic E-state index is 0.0270. The molecule has 2 aromatic rings. The van der Waals surface area contributed by atoms with Crippen LogP contribution in [-0.4, -0.2) is 34.8 Å². The zero-order valence-electron chi connectivity index (χ0n) is 13.4. The number of hydrogen-bond acceptors (Lipinski definition) is 4. The highest BCUT2D eigenvalue weighted by Crippen LogP contribution is 2.46. The van der Waals surface area contributed by atoms with Crippen molar-refractivity contribution in [1.82, 2.24) is 4.90 Å². The highest BCUT2D eigenvalue weighted by Gasteiger charge is 2.50. The van der Waals surface area contributed by atoms with E-state index in [0.29, 0.717) is 10.1 Å². The zero-order valence-corrected chi connectivity index (χ0v) is 15.8. The minimum atomic E-state index is -0.222. The Morgan fingerprint density at radius 1 is 1.16 bits per heavy atom. The van der Waals surface area contributed by atoms with Crippen LogP contribution >= 0.6 is 35.6 Å². The zero-order chi connectivity index (χ0) is 17.6. The third-order valence-corrected chi connectivity index (χ3v) is 6.37. The van der Waals surface area contributed by atoms with E-state index in [1.54, 1.807) is 23.8 Å². The summed E-state index contributed by atoms with van der Waals surface area (Å²) in [5.41, 5.74) is 1.87. The van der Waals surface area contributed by atoms with Crippen LogP contribution in [0.4, 0.5) is 5.69 Å². The van der Waals surface area contributed by atoms with Gasteiger partial charge >= 0.3 is 0 Å². The summed E-state index contributed by atoms with van der Waals surface area (Å²) in [6.45, 7) is 0. The van der Waals surface area contributed by atoms with Crippen molar-refractivity contribution in [3.63, 3.8) is 0 Å². The van der Waals surface area contributed by atoms with Gasteiger partial charge in [0, 0.05) is 10.8 Å². The maximum absolute atomic E-state index is 12.9. The number of fused-ring (bicyclic) bond motifs is 1. The van der Waals surface area contributed by atoms with E-state index in [1.165, 1.54) is 0 Å². The molecule has 2 aliphatic heterocycles. The van der Waals surface area contributed by atoms with Crippen molar-refractivity contribution >= 4 is 52.3 Å². The second kappa shape index (κ2) is 6.52. The summed E-state index contributed by atoms with van der Waals surface area (Å²) in [4.78, 5) is 16.6. The third kappa shape index (κ3) is 2.78. The molecule has 2 fully saturated rings. The predicted molar refractivity (Wildman–Crippen MR) is 105 cm³/mol. The van der Waals surface area contributed by atoms with Crippen LogP contribution < -0.4 is 9.64 Å². The van der Waals surface area contributed by atoms with Crippen LogP contribution in [0.1, 0.15) is 10.9 Å². The smallest absolute Gasteiger partial charge is 0.257 e. The molecule has 2 heterocycles. The summed E-state index contributed by atoms with van der Waals surface area (Å²) in [6, 6.07) is 14.9. The molecule has 128 valence electrons. The highest BCUT2D eigenvalue weighted by atomic mass is 35.5. The van der Waals surface area contributed by atoms with Crippen molar-refractivity contribution in [3.8, 4) is 5.75 Å². The van der Waals surface area contributed by atoms with Crippen LogP contribution in [0, 0.1) is 0 Å². The molecular formula is C18H15ClN2O2S2. The lowest BCUT2D eigenvalue weighted by Crippen LogP contribution is -2.33. The molecule has 2 aliphatic rings. The van der Waals surface area contributed by atoms with Crippen molar-refractivity contribution in [2.45, 2.75) is 11.4 Å². The van der Waals surface area contributed by atoms with E-state index in [-0.39, 0.29) is 17.3 Å². The van der Waals surface area contributed by atoms with Gasteiger partial charge in [0.05, 0.1) is 12.8 Å². The van der Waals surface area contributed by atoms with Crippen LogP contribution in [0.15, 0.2) is 48.5 Å². The number of hydrogen-bond donors (Lipinski definition) is 0. The number of nitrogens with zero attached hydrogens (tertiary/aromatic N) is 2. The third-order valence-electron chi connectivity index (χ3n) is 4.40. The van der Waals surface area contributed by atoms with Gasteiger partial charge in [-0.25, -0.2) is 0 Å². The van der Waals surface area contributed by atoms with Gasteiger partial charge in [0.15, 0.2) is 5.11 Å². The molecule has 4 nitrogen and oxygen atoms in total. The number of methoxy groups -OCH3 is 1. The van der Waals surface area contributed by atoms with Crippen molar-refractivity contribution < 1.29 is 9.53 Å². The Hall–Kier alpha value is -1.76. The fourth-order valence-electron chi connectivity index (χ4n) is 3.14. The largest absolute Gasteiger partial charge is 0.497 e.